The minimum absolute atomic E-state index is 0.0521. The van der Waals surface area contributed by atoms with Crippen molar-refractivity contribution in [2.75, 3.05) is 20.2 Å². The average molecular weight is 347 g/mol. The van der Waals surface area contributed by atoms with Gasteiger partial charge in [0.2, 0.25) is 5.89 Å². The quantitative estimate of drug-likeness (QED) is 0.785. The van der Waals surface area contributed by atoms with Gasteiger partial charge in [0.15, 0.2) is 5.69 Å². The molecule has 0 N–H and O–H groups in total. The molecule has 8 heteroatoms. The Morgan fingerprint density at radius 1 is 1.44 bits per heavy atom. The lowest BCUT2D eigenvalue weighted by molar-refractivity contribution is 0.0594. The van der Waals surface area contributed by atoms with Crippen LogP contribution in [0.3, 0.4) is 0 Å². The lowest BCUT2D eigenvalue weighted by Crippen LogP contribution is -2.25. The molecule has 136 valence electrons. The maximum absolute atomic E-state index is 11.5. The van der Waals surface area contributed by atoms with Crippen molar-refractivity contribution in [3.05, 3.63) is 29.7 Å². The van der Waals surface area contributed by atoms with Crippen molar-refractivity contribution in [3.63, 3.8) is 0 Å². The zero-order valence-corrected chi connectivity index (χ0v) is 15.4. The first-order valence-electron chi connectivity index (χ1n) is 8.50. The molecule has 0 amide bonds. The van der Waals surface area contributed by atoms with Gasteiger partial charge in [-0.3, -0.25) is 4.90 Å². The summed E-state index contributed by atoms with van der Waals surface area (Å²) in [4.78, 5) is 18.3. The largest absolute Gasteiger partial charge is 0.464 e. The maximum atomic E-state index is 11.5. The highest BCUT2D eigenvalue weighted by atomic mass is 16.5. The number of aromatic nitrogens is 4. The average Bonchev–Trinajstić information content (AvgIpc) is 3.31. The van der Waals surface area contributed by atoms with Gasteiger partial charge in [-0.2, -0.15) is 0 Å². The number of nitrogens with zero attached hydrogens (tertiary/aromatic N) is 5. The molecule has 0 aliphatic carbocycles. The molecular formula is C17H25N5O3. The zero-order valence-electron chi connectivity index (χ0n) is 15.4. The Morgan fingerprint density at radius 3 is 2.84 bits per heavy atom. The van der Waals surface area contributed by atoms with Gasteiger partial charge in [-0.1, -0.05) is 26.0 Å². The lowest BCUT2D eigenvalue weighted by Gasteiger charge is -2.22. The molecule has 2 atom stereocenters. The van der Waals surface area contributed by atoms with Crippen molar-refractivity contribution in [1.29, 1.82) is 0 Å². The molecule has 1 saturated heterocycles. The summed E-state index contributed by atoms with van der Waals surface area (Å²) < 4.78 is 12.4. The Kier molecular flexibility index (Phi) is 4.64. The van der Waals surface area contributed by atoms with Crippen LogP contribution < -0.4 is 0 Å². The number of oxazole rings is 1. The van der Waals surface area contributed by atoms with Crippen LogP contribution in [0, 0.1) is 0 Å². The Bertz CT molecular complexity index is 746. The smallest absolute Gasteiger partial charge is 0.360 e. The van der Waals surface area contributed by atoms with Crippen LogP contribution >= 0.6 is 0 Å². The Morgan fingerprint density at radius 2 is 2.20 bits per heavy atom. The van der Waals surface area contributed by atoms with Gasteiger partial charge < -0.3 is 9.15 Å². The summed E-state index contributed by atoms with van der Waals surface area (Å²) in [5.74, 6) is 1.16. The lowest BCUT2D eigenvalue weighted by atomic mass is 9.94. The molecule has 2 aromatic heterocycles. The van der Waals surface area contributed by atoms with Crippen LogP contribution in [0.2, 0.25) is 0 Å². The fourth-order valence-corrected chi connectivity index (χ4v) is 2.97. The number of rotatable bonds is 4. The predicted molar refractivity (Wildman–Crippen MR) is 90.2 cm³/mol. The number of carbonyl (C=O) groups excluding carboxylic acids is 1. The summed E-state index contributed by atoms with van der Waals surface area (Å²) in [7, 11) is 1.34. The second-order valence-corrected chi connectivity index (χ2v) is 7.50. The van der Waals surface area contributed by atoms with E-state index in [9.17, 15) is 4.79 Å². The molecule has 0 spiro atoms. The zero-order chi connectivity index (χ0) is 18.2. The maximum Gasteiger partial charge on any atom is 0.360 e. The first kappa shape index (κ1) is 17.6. The van der Waals surface area contributed by atoms with Gasteiger partial charge in [0, 0.05) is 18.5 Å². The Labute approximate surface area is 147 Å². The number of hydrogen-bond donors (Lipinski definition) is 0. The third kappa shape index (κ3) is 3.58. The highest BCUT2D eigenvalue weighted by Crippen LogP contribution is 2.31. The third-order valence-electron chi connectivity index (χ3n) is 4.64. The molecule has 1 aliphatic rings. The number of likely N-dealkylation sites (tertiary alicyclic amines) is 1. The highest BCUT2D eigenvalue weighted by Gasteiger charge is 2.32. The number of ether oxygens (including phenoxy) is 1. The molecule has 3 rings (SSSR count). The summed E-state index contributed by atoms with van der Waals surface area (Å²) >= 11 is 0. The van der Waals surface area contributed by atoms with Crippen LogP contribution in [0.5, 0.6) is 0 Å². The van der Waals surface area contributed by atoms with E-state index in [0.717, 1.165) is 31.2 Å². The van der Waals surface area contributed by atoms with Crippen LogP contribution in [-0.4, -0.2) is 51.0 Å². The Hall–Kier alpha value is -2.22. The minimum Gasteiger partial charge on any atom is -0.464 e. The molecule has 2 aromatic rings. The molecule has 25 heavy (non-hydrogen) atoms. The summed E-state index contributed by atoms with van der Waals surface area (Å²) in [6.45, 7) is 10.1. The topological polar surface area (TPSA) is 86.3 Å². The van der Waals surface area contributed by atoms with E-state index in [0.29, 0.717) is 0 Å². The fourth-order valence-electron chi connectivity index (χ4n) is 2.97. The molecule has 3 heterocycles. The van der Waals surface area contributed by atoms with Gasteiger partial charge in [0.05, 0.1) is 31.6 Å². The third-order valence-corrected chi connectivity index (χ3v) is 4.64. The van der Waals surface area contributed by atoms with Crippen LogP contribution in [0.4, 0.5) is 0 Å². The first-order chi connectivity index (χ1) is 11.8. The highest BCUT2D eigenvalue weighted by molar-refractivity contribution is 5.86. The molecule has 0 aromatic carbocycles. The molecule has 8 nitrogen and oxygen atoms in total. The van der Waals surface area contributed by atoms with Crippen LogP contribution in [-0.2, 0) is 10.2 Å². The summed E-state index contributed by atoms with van der Waals surface area (Å²) in [5, 5.41) is 7.95. The second-order valence-electron chi connectivity index (χ2n) is 7.50. The normalized spacial score (nSPS) is 20.0. The van der Waals surface area contributed by atoms with E-state index in [2.05, 4.69) is 52.6 Å². The first-order valence-corrected chi connectivity index (χ1v) is 8.50. The van der Waals surface area contributed by atoms with E-state index in [1.54, 1.807) is 10.9 Å². The van der Waals surface area contributed by atoms with Crippen LogP contribution in [0.15, 0.2) is 16.8 Å². The molecule has 0 saturated carbocycles. The predicted octanol–water partition coefficient (Wildman–Crippen LogP) is 2.36. The standard InChI is InChI=1S/C17H25N5O3/c1-11(15-18-8-14(25-15)17(2,3)4)21-7-6-12(9-21)22-10-13(19-20-22)16(23)24-5/h8,10-12H,6-7,9H2,1-5H3/t11-,12-/m1/s1. The monoisotopic (exact) mass is 347 g/mol. The van der Waals surface area contributed by atoms with E-state index in [1.807, 2.05) is 6.20 Å². The van der Waals surface area contributed by atoms with Crippen molar-refractivity contribution >= 4 is 5.97 Å². The van der Waals surface area contributed by atoms with Gasteiger partial charge >= 0.3 is 5.97 Å². The number of carbonyl (C=O) groups is 1. The van der Waals surface area contributed by atoms with Gasteiger partial charge in [0.1, 0.15) is 5.76 Å². The summed E-state index contributed by atoms with van der Waals surface area (Å²) in [6.07, 6.45) is 4.40. The summed E-state index contributed by atoms with van der Waals surface area (Å²) in [6, 6.07) is 0.259. The Balaban J connectivity index is 1.67. The van der Waals surface area contributed by atoms with Crippen LogP contribution in [0.1, 0.15) is 68.3 Å². The van der Waals surface area contributed by atoms with Gasteiger partial charge in [0.25, 0.3) is 0 Å². The van der Waals surface area contributed by atoms with E-state index in [1.165, 1.54) is 7.11 Å². The van der Waals surface area contributed by atoms with Crippen molar-refractivity contribution in [1.82, 2.24) is 24.9 Å². The van der Waals surface area contributed by atoms with Crippen LogP contribution in [0.25, 0.3) is 0 Å². The SMILES string of the molecule is COC(=O)c1cn([C@@H]2CCN([C@H](C)c3ncc(C(C)(C)C)o3)C2)nn1. The number of methoxy groups -OCH3 is 1. The van der Waals surface area contributed by atoms with E-state index >= 15 is 0 Å². The van der Waals surface area contributed by atoms with Crippen molar-refractivity contribution in [2.45, 2.75) is 51.6 Å². The van der Waals surface area contributed by atoms with Crippen molar-refractivity contribution < 1.29 is 13.9 Å². The minimum atomic E-state index is -0.469. The molecule has 0 unspecified atom stereocenters. The second kappa shape index (κ2) is 6.59. The molecule has 1 fully saturated rings. The van der Waals surface area contributed by atoms with E-state index in [4.69, 9.17) is 4.42 Å². The van der Waals surface area contributed by atoms with Gasteiger partial charge in [-0.05, 0) is 13.3 Å². The van der Waals surface area contributed by atoms with Crippen molar-refractivity contribution in [2.24, 2.45) is 0 Å². The fraction of sp³-hybridized carbons (Fsp3) is 0.647. The van der Waals surface area contributed by atoms with Gasteiger partial charge in [-0.25, -0.2) is 14.5 Å². The van der Waals surface area contributed by atoms with Gasteiger partial charge in [-0.15, -0.1) is 5.10 Å². The number of esters is 1. The van der Waals surface area contributed by atoms with E-state index < -0.39 is 5.97 Å². The molecule has 0 radical (unpaired) electrons. The van der Waals surface area contributed by atoms with E-state index in [-0.39, 0.29) is 23.2 Å². The summed E-state index contributed by atoms with van der Waals surface area (Å²) in [5.41, 5.74) is 0.181. The number of hydrogen-bond acceptors (Lipinski definition) is 7. The molecule has 0 bridgehead atoms. The van der Waals surface area contributed by atoms with Crippen molar-refractivity contribution in [3.8, 4) is 0 Å². The molecule has 1 aliphatic heterocycles. The molecular weight excluding hydrogens is 322 g/mol.